The highest BCUT2D eigenvalue weighted by Crippen LogP contribution is 2.23. The van der Waals surface area contributed by atoms with Crippen LogP contribution in [0.15, 0.2) is 24.3 Å². The number of carbonyl (C=O) groups excluding carboxylic acids is 1. The molecule has 1 aliphatic rings. The van der Waals surface area contributed by atoms with E-state index in [1.165, 1.54) is 0 Å². The number of halogens is 1. The molecule has 1 heterocycles. The van der Waals surface area contributed by atoms with E-state index in [1.807, 2.05) is 24.3 Å². The van der Waals surface area contributed by atoms with Gasteiger partial charge in [0.05, 0.1) is 5.54 Å². The van der Waals surface area contributed by atoms with Gasteiger partial charge in [-0.1, -0.05) is 30.7 Å². The molecule has 0 aromatic heterocycles. The minimum absolute atomic E-state index is 0.134. The molecule has 0 bridgehead atoms. The molecule has 0 aliphatic carbocycles. The van der Waals surface area contributed by atoms with Gasteiger partial charge < -0.3 is 10.6 Å². The number of carbonyl (C=O) groups is 1. The van der Waals surface area contributed by atoms with E-state index in [0.717, 1.165) is 42.8 Å². The largest absolute Gasteiger partial charge is 0.354 e. The Hall–Kier alpha value is -1.06. The van der Waals surface area contributed by atoms with Crippen LogP contribution in [0.4, 0.5) is 0 Å². The van der Waals surface area contributed by atoms with Gasteiger partial charge in [0, 0.05) is 11.6 Å². The summed E-state index contributed by atoms with van der Waals surface area (Å²) in [5, 5.41) is 7.13. The molecular formula is C15H21ClN2O. The number of rotatable bonds is 5. The first-order chi connectivity index (χ1) is 9.16. The summed E-state index contributed by atoms with van der Waals surface area (Å²) in [6, 6.07) is 7.77. The summed E-state index contributed by atoms with van der Waals surface area (Å²) < 4.78 is 0. The van der Waals surface area contributed by atoms with Crippen molar-refractivity contribution < 1.29 is 4.79 Å². The molecule has 0 saturated carbocycles. The Bertz CT molecular complexity index is 442. The lowest BCUT2D eigenvalue weighted by Crippen LogP contribution is -2.53. The highest BCUT2D eigenvalue weighted by atomic mass is 35.5. The van der Waals surface area contributed by atoms with Crippen LogP contribution in [0, 0.1) is 0 Å². The molecule has 104 valence electrons. The lowest BCUT2D eigenvalue weighted by atomic mass is 9.93. The minimum atomic E-state index is -0.339. The Morgan fingerprint density at radius 1 is 1.53 bits per heavy atom. The van der Waals surface area contributed by atoms with Crippen LogP contribution in [0.2, 0.25) is 5.02 Å². The van der Waals surface area contributed by atoms with E-state index in [1.54, 1.807) is 0 Å². The Morgan fingerprint density at radius 2 is 2.37 bits per heavy atom. The summed E-state index contributed by atoms with van der Waals surface area (Å²) in [6.45, 7) is 3.66. The van der Waals surface area contributed by atoms with Gasteiger partial charge in [0.25, 0.3) is 0 Å². The quantitative estimate of drug-likeness (QED) is 0.870. The molecule has 0 spiro atoms. The lowest BCUT2D eigenvalue weighted by molar-refractivity contribution is -0.127. The van der Waals surface area contributed by atoms with Gasteiger partial charge in [-0.2, -0.15) is 0 Å². The first-order valence-corrected chi connectivity index (χ1v) is 7.32. The molecule has 1 unspecified atom stereocenters. The maximum absolute atomic E-state index is 12.3. The summed E-state index contributed by atoms with van der Waals surface area (Å²) in [5.41, 5.74) is 0.812. The maximum Gasteiger partial charge on any atom is 0.240 e. The van der Waals surface area contributed by atoms with Crippen molar-refractivity contribution in [3.05, 3.63) is 34.9 Å². The molecular weight excluding hydrogens is 260 g/mol. The third-order valence-corrected chi connectivity index (χ3v) is 4.11. The average molecular weight is 281 g/mol. The van der Waals surface area contributed by atoms with Crippen LogP contribution in [0.25, 0.3) is 0 Å². The van der Waals surface area contributed by atoms with Crippen molar-refractivity contribution in [3.63, 3.8) is 0 Å². The SMILES string of the molecule is CCC1(C(=O)NCCc2cccc(Cl)c2)CCCN1. The van der Waals surface area contributed by atoms with Crippen LogP contribution in [0.1, 0.15) is 31.7 Å². The third-order valence-electron chi connectivity index (χ3n) is 3.87. The van der Waals surface area contributed by atoms with Crippen LogP contribution in [-0.4, -0.2) is 24.5 Å². The zero-order chi connectivity index (χ0) is 13.7. The number of hydrogen-bond donors (Lipinski definition) is 2. The van der Waals surface area contributed by atoms with Crippen molar-refractivity contribution in [2.24, 2.45) is 0 Å². The smallest absolute Gasteiger partial charge is 0.240 e. The van der Waals surface area contributed by atoms with Crippen molar-refractivity contribution in [3.8, 4) is 0 Å². The van der Waals surface area contributed by atoms with Gasteiger partial charge in [0.1, 0.15) is 0 Å². The second-order valence-electron chi connectivity index (χ2n) is 5.10. The molecule has 1 saturated heterocycles. The molecule has 4 heteroatoms. The number of amides is 1. The van der Waals surface area contributed by atoms with E-state index >= 15 is 0 Å². The standard InChI is InChI=1S/C15H21ClN2O/c1-2-15(8-4-9-18-15)14(19)17-10-7-12-5-3-6-13(16)11-12/h3,5-6,11,18H,2,4,7-10H2,1H3,(H,17,19). The van der Waals surface area contributed by atoms with E-state index < -0.39 is 0 Å². The summed E-state index contributed by atoms with van der Waals surface area (Å²) in [4.78, 5) is 12.3. The topological polar surface area (TPSA) is 41.1 Å². The Kier molecular flexibility index (Phi) is 4.83. The van der Waals surface area contributed by atoms with Crippen molar-refractivity contribution >= 4 is 17.5 Å². The summed E-state index contributed by atoms with van der Waals surface area (Å²) in [5.74, 6) is 0.134. The van der Waals surface area contributed by atoms with Crippen LogP contribution in [-0.2, 0) is 11.2 Å². The number of nitrogens with one attached hydrogen (secondary N) is 2. The zero-order valence-corrected chi connectivity index (χ0v) is 12.1. The van der Waals surface area contributed by atoms with Crippen LogP contribution < -0.4 is 10.6 Å². The summed E-state index contributed by atoms with van der Waals surface area (Å²) in [7, 11) is 0. The maximum atomic E-state index is 12.3. The normalized spacial score (nSPS) is 22.4. The first kappa shape index (κ1) is 14.4. The van der Waals surface area contributed by atoms with Crippen LogP contribution in [0.3, 0.4) is 0 Å². The van der Waals surface area contributed by atoms with E-state index in [9.17, 15) is 4.79 Å². The molecule has 0 radical (unpaired) electrons. The fourth-order valence-electron chi connectivity index (χ4n) is 2.64. The third kappa shape index (κ3) is 3.48. The fourth-order valence-corrected chi connectivity index (χ4v) is 2.86. The van der Waals surface area contributed by atoms with Crippen molar-refractivity contribution in [1.29, 1.82) is 0 Å². The second kappa shape index (κ2) is 6.40. The minimum Gasteiger partial charge on any atom is -0.354 e. The van der Waals surface area contributed by atoms with Gasteiger partial charge in [0.2, 0.25) is 5.91 Å². The molecule has 1 aliphatic heterocycles. The van der Waals surface area contributed by atoms with E-state index in [2.05, 4.69) is 17.6 Å². The molecule has 19 heavy (non-hydrogen) atoms. The van der Waals surface area contributed by atoms with E-state index in [4.69, 9.17) is 11.6 Å². The number of hydrogen-bond acceptors (Lipinski definition) is 2. The Labute approximate surface area is 119 Å². The summed E-state index contributed by atoms with van der Waals surface area (Å²) >= 11 is 5.94. The fraction of sp³-hybridized carbons (Fsp3) is 0.533. The van der Waals surface area contributed by atoms with Gasteiger partial charge >= 0.3 is 0 Å². The first-order valence-electron chi connectivity index (χ1n) is 6.94. The lowest BCUT2D eigenvalue weighted by Gasteiger charge is -2.26. The van der Waals surface area contributed by atoms with Crippen molar-refractivity contribution in [2.75, 3.05) is 13.1 Å². The van der Waals surface area contributed by atoms with Gasteiger partial charge in [-0.05, 0) is 49.9 Å². The summed E-state index contributed by atoms with van der Waals surface area (Å²) in [6.07, 6.45) is 3.67. The highest BCUT2D eigenvalue weighted by Gasteiger charge is 2.38. The molecule has 1 aromatic rings. The van der Waals surface area contributed by atoms with Crippen molar-refractivity contribution in [2.45, 2.75) is 38.1 Å². The molecule has 2 N–H and O–H groups in total. The van der Waals surface area contributed by atoms with Crippen LogP contribution in [0.5, 0.6) is 0 Å². The van der Waals surface area contributed by atoms with E-state index in [-0.39, 0.29) is 11.4 Å². The highest BCUT2D eigenvalue weighted by molar-refractivity contribution is 6.30. The molecule has 1 fully saturated rings. The predicted octanol–water partition coefficient (Wildman–Crippen LogP) is 2.53. The molecule has 1 amide bonds. The molecule has 2 rings (SSSR count). The Morgan fingerprint density at radius 3 is 3.00 bits per heavy atom. The second-order valence-corrected chi connectivity index (χ2v) is 5.54. The van der Waals surface area contributed by atoms with E-state index in [0.29, 0.717) is 6.54 Å². The monoisotopic (exact) mass is 280 g/mol. The molecule has 3 nitrogen and oxygen atoms in total. The van der Waals surface area contributed by atoms with Gasteiger partial charge in [-0.3, -0.25) is 4.79 Å². The molecule has 1 aromatic carbocycles. The zero-order valence-electron chi connectivity index (χ0n) is 11.3. The van der Waals surface area contributed by atoms with Crippen LogP contribution >= 0.6 is 11.6 Å². The van der Waals surface area contributed by atoms with Gasteiger partial charge in [-0.15, -0.1) is 0 Å². The Balaban J connectivity index is 1.84. The van der Waals surface area contributed by atoms with Gasteiger partial charge in [-0.25, -0.2) is 0 Å². The van der Waals surface area contributed by atoms with Crippen molar-refractivity contribution in [1.82, 2.24) is 10.6 Å². The van der Waals surface area contributed by atoms with Gasteiger partial charge in [0.15, 0.2) is 0 Å². The predicted molar refractivity (Wildman–Crippen MR) is 78.4 cm³/mol. The average Bonchev–Trinajstić information content (AvgIpc) is 2.89. The molecule has 1 atom stereocenters. The number of benzene rings is 1.